The number of aliphatic carboxylic acids is 1. The molecule has 0 radical (unpaired) electrons. The molecule has 0 aliphatic carbocycles. The van der Waals surface area contributed by atoms with Crippen LogP contribution in [0.25, 0.3) is 0 Å². The van der Waals surface area contributed by atoms with E-state index in [1.807, 2.05) is 6.07 Å². The van der Waals surface area contributed by atoms with Crippen molar-refractivity contribution in [1.82, 2.24) is 0 Å². The second-order valence-electron chi connectivity index (χ2n) is 3.78. The molecule has 1 atom stereocenters. The highest BCUT2D eigenvalue weighted by Crippen LogP contribution is 2.17. The predicted octanol–water partition coefficient (Wildman–Crippen LogP) is 2.36. The number of nitrogens with zero attached hydrogens (tertiary/aromatic N) is 1. The average molecular weight is 236 g/mol. The minimum absolute atomic E-state index is 0.0338. The minimum atomic E-state index is -0.876. The second-order valence-corrected chi connectivity index (χ2v) is 3.78. The van der Waals surface area contributed by atoms with Crippen LogP contribution in [-0.4, -0.2) is 17.1 Å². The van der Waals surface area contributed by atoms with Crippen LogP contribution < -0.4 is 5.32 Å². The third kappa shape index (κ3) is 4.11. The van der Waals surface area contributed by atoms with Gasteiger partial charge in [-0.05, 0) is 31.5 Å². The Kier molecular flexibility index (Phi) is 4.46. The zero-order valence-electron chi connectivity index (χ0n) is 9.40. The molecule has 17 heavy (non-hydrogen) atoms. The highest BCUT2D eigenvalue weighted by molar-refractivity contribution is 5.66. The Labute approximate surface area is 98.7 Å². The molecule has 0 amide bonds. The van der Waals surface area contributed by atoms with Crippen molar-refractivity contribution in [2.45, 2.75) is 25.8 Å². The first-order valence-electron chi connectivity index (χ1n) is 5.21. The number of nitriles is 1. The van der Waals surface area contributed by atoms with Gasteiger partial charge in [0.05, 0.1) is 17.3 Å². The van der Waals surface area contributed by atoms with Crippen LogP contribution in [0.15, 0.2) is 18.2 Å². The van der Waals surface area contributed by atoms with E-state index >= 15 is 0 Å². The van der Waals surface area contributed by atoms with E-state index in [2.05, 4.69) is 5.32 Å². The molecule has 1 aromatic rings. The fourth-order valence-corrected chi connectivity index (χ4v) is 1.38. The summed E-state index contributed by atoms with van der Waals surface area (Å²) in [6, 6.07) is 5.83. The Bertz CT molecular complexity index is 454. The van der Waals surface area contributed by atoms with E-state index in [9.17, 15) is 9.18 Å². The Hall–Kier alpha value is -2.09. The smallest absolute Gasteiger partial charge is 0.303 e. The van der Waals surface area contributed by atoms with Gasteiger partial charge in [-0.25, -0.2) is 4.39 Å². The SMILES string of the molecule is CC(CCC(=O)O)Nc1ccc(C#N)cc1F. The highest BCUT2D eigenvalue weighted by Gasteiger charge is 2.08. The Morgan fingerprint density at radius 3 is 2.88 bits per heavy atom. The zero-order valence-corrected chi connectivity index (χ0v) is 9.40. The monoisotopic (exact) mass is 236 g/mol. The molecule has 0 fully saturated rings. The molecule has 0 heterocycles. The lowest BCUT2D eigenvalue weighted by atomic mass is 10.1. The van der Waals surface area contributed by atoms with Gasteiger partial charge >= 0.3 is 5.97 Å². The van der Waals surface area contributed by atoms with Crippen molar-refractivity contribution in [2.75, 3.05) is 5.32 Å². The summed E-state index contributed by atoms with van der Waals surface area (Å²) >= 11 is 0. The highest BCUT2D eigenvalue weighted by atomic mass is 19.1. The summed E-state index contributed by atoms with van der Waals surface area (Å²) in [6.07, 6.45) is 0.445. The molecule has 0 saturated carbocycles. The molecular weight excluding hydrogens is 223 g/mol. The van der Waals surface area contributed by atoms with Gasteiger partial charge in [-0.2, -0.15) is 5.26 Å². The number of hydrogen-bond donors (Lipinski definition) is 2. The quantitative estimate of drug-likeness (QED) is 0.823. The van der Waals surface area contributed by atoms with Gasteiger partial charge in [-0.15, -0.1) is 0 Å². The standard InChI is InChI=1S/C12H13FN2O2/c1-8(2-5-12(16)17)15-11-4-3-9(7-14)6-10(11)13/h3-4,6,8,15H,2,5H2,1H3,(H,16,17). The van der Waals surface area contributed by atoms with E-state index in [0.29, 0.717) is 6.42 Å². The van der Waals surface area contributed by atoms with Crippen molar-refractivity contribution < 1.29 is 14.3 Å². The van der Waals surface area contributed by atoms with Crippen molar-refractivity contribution in [3.05, 3.63) is 29.6 Å². The lowest BCUT2D eigenvalue weighted by Crippen LogP contribution is -2.17. The van der Waals surface area contributed by atoms with Crippen LogP contribution in [0.4, 0.5) is 10.1 Å². The van der Waals surface area contributed by atoms with Gasteiger partial charge in [-0.1, -0.05) is 0 Å². The first kappa shape index (κ1) is 13.0. The summed E-state index contributed by atoms with van der Waals surface area (Å²) in [7, 11) is 0. The van der Waals surface area contributed by atoms with Crippen LogP contribution in [0.3, 0.4) is 0 Å². The predicted molar refractivity (Wildman–Crippen MR) is 61.1 cm³/mol. The van der Waals surface area contributed by atoms with Crippen LogP contribution in [0, 0.1) is 17.1 Å². The number of carboxylic acids is 1. The van der Waals surface area contributed by atoms with Crippen molar-refractivity contribution in [3.63, 3.8) is 0 Å². The molecule has 2 N–H and O–H groups in total. The number of halogens is 1. The van der Waals surface area contributed by atoms with E-state index in [4.69, 9.17) is 10.4 Å². The molecular formula is C12H13FN2O2. The number of carbonyl (C=O) groups is 1. The fraction of sp³-hybridized carbons (Fsp3) is 0.333. The Balaban J connectivity index is 2.62. The molecule has 0 aromatic heterocycles. The molecule has 0 aliphatic heterocycles. The number of benzene rings is 1. The van der Waals surface area contributed by atoms with Gasteiger partial charge in [0.25, 0.3) is 0 Å². The van der Waals surface area contributed by atoms with Gasteiger partial charge in [0, 0.05) is 12.5 Å². The van der Waals surface area contributed by atoms with E-state index < -0.39 is 11.8 Å². The van der Waals surface area contributed by atoms with Gasteiger partial charge in [0.15, 0.2) is 0 Å². The molecule has 1 rings (SSSR count). The van der Waals surface area contributed by atoms with E-state index in [1.165, 1.54) is 12.1 Å². The second kappa shape index (κ2) is 5.85. The molecule has 0 aliphatic rings. The van der Waals surface area contributed by atoms with Crippen LogP contribution in [0.5, 0.6) is 0 Å². The fourth-order valence-electron chi connectivity index (χ4n) is 1.38. The van der Waals surface area contributed by atoms with Gasteiger partial charge in [0.1, 0.15) is 5.82 Å². The van der Waals surface area contributed by atoms with Crippen LogP contribution >= 0.6 is 0 Å². The van der Waals surface area contributed by atoms with Crippen molar-refractivity contribution in [1.29, 1.82) is 5.26 Å². The minimum Gasteiger partial charge on any atom is -0.481 e. The molecule has 5 heteroatoms. The molecule has 1 aromatic carbocycles. The average Bonchev–Trinajstić information content (AvgIpc) is 2.29. The summed E-state index contributed by atoms with van der Waals surface area (Å²) in [6.45, 7) is 1.78. The van der Waals surface area contributed by atoms with E-state index in [1.54, 1.807) is 6.92 Å². The largest absolute Gasteiger partial charge is 0.481 e. The maximum atomic E-state index is 13.5. The molecule has 90 valence electrons. The number of rotatable bonds is 5. The maximum Gasteiger partial charge on any atom is 0.303 e. The van der Waals surface area contributed by atoms with Crippen molar-refractivity contribution in [3.8, 4) is 6.07 Å². The van der Waals surface area contributed by atoms with Crippen LogP contribution in [0.2, 0.25) is 0 Å². The summed E-state index contributed by atoms with van der Waals surface area (Å²) < 4.78 is 13.5. The normalized spacial score (nSPS) is 11.6. The molecule has 0 saturated heterocycles. The summed E-state index contributed by atoms with van der Waals surface area (Å²) in [5.41, 5.74) is 0.535. The summed E-state index contributed by atoms with van der Waals surface area (Å²) in [5, 5.41) is 20.0. The van der Waals surface area contributed by atoms with Gasteiger partial charge in [-0.3, -0.25) is 4.79 Å². The Morgan fingerprint density at radius 1 is 1.65 bits per heavy atom. The first-order chi connectivity index (χ1) is 8.02. The Morgan fingerprint density at radius 2 is 2.35 bits per heavy atom. The van der Waals surface area contributed by atoms with Crippen molar-refractivity contribution >= 4 is 11.7 Å². The summed E-state index contributed by atoms with van der Waals surface area (Å²) in [5.74, 6) is -1.38. The van der Waals surface area contributed by atoms with E-state index in [-0.39, 0.29) is 23.7 Å². The number of hydrogen-bond acceptors (Lipinski definition) is 3. The lowest BCUT2D eigenvalue weighted by Gasteiger charge is -2.14. The number of nitrogens with one attached hydrogen (secondary N) is 1. The van der Waals surface area contributed by atoms with E-state index in [0.717, 1.165) is 6.07 Å². The molecule has 0 spiro atoms. The summed E-state index contributed by atoms with van der Waals surface area (Å²) in [4.78, 5) is 10.4. The van der Waals surface area contributed by atoms with Crippen LogP contribution in [-0.2, 0) is 4.79 Å². The van der Waals surface area contributed by atoms with Crippen molar-refractivity contribution in [2.24, 2.45) is 0 Å². The lowest BCUT2D eigenvalue weighted by molar-refractivity contribution is -0.137. The zero-order chi connectivity index (χ0) is 12.8. The van der Waals surface area contributed by atoms with Crippen LogP contribution in [0.1, 0.15) is 25.3 Å². The molecule has 1 unspecified atom stereocenters. The van der Waals surface area contributed by atoms with Gasteiger partial charge < -0.3 is 10.4 Å². The number of carboxylic acid groups (broad SMARTS) is 1. The molecule has 4 nitrogen and oxygen atoms in total. The third-order valence-corrected chi connectivity index (χ3v) is 2.29. The first-order valence-corrected chi connectivity index (χ1v) is 5.21. The number of anilines is 1. The molecule has 0 bridgehead atoms. The third-order valence-electron chi connectivity index (χ3n) is 2.29. The van der Waals surface area contributed by atoms with Gasteiger partial charge in [0.2, 0.25) is 0 Å². The topological polar surface area (TPSA) is 73.1 Å². The maximum absolute atomic E-state index is 13.5.